The van der Waals surface area contributed by atoms with E-state index in [9.17, 15) is 5.11 Å². The Hall–Kier alpha value is -2.49. The Morgan fingerprint density at radius 1 is 1.17 bits per heavy atom. The average Bonchev–Trinajstić information content (AvgIpc) is 2.77. The fraction of sp³-hybridized carbons (Fsp3) is 0.0714. The molecule has 0 aliphatic heterocycles. The number of nitrogens with zero attached hydrogens (tertiary/aromatic N) is 2. The summed E-state index contributed by atoms with van der Waals surface area (Å²) in [6, 6.07) is 10.9. The lowest BCUT2D eigenvalue weighted by Gasteiger charge is -2.03. The highest BCUT2D eigenvalue weighted by molar-refractivity contribution is 5.68. The summed E-state index contributed by atoms with van der Waals surface area (Å²) in [5.74, 6) is 1.21. The minimum Gasteiger partial charge on any atom is -0.508 e. The maximum atomic E-state index is 9.25. The molecule has 18 heavy (non-hydrogen) atoms. The van der Waals surface area contributed by atoms with E-state index in [1.807, 2.05) is 34.9 Å². The summed E-state index contributed by atoms with van der Waals surface area (Å²) in [6.45, 7) is 0. The van der Waals surface area contributed by atoms with Gasteiger partial charge < -0.3 is 15.2 Å². The number of hydrogen-bond donors (Lipinski definition) is 2. The van der Waals surface area contributed by atoms with Crippen molar-refractivity contribution in [3.05, 3.63) is 60.2 Å². The molecule has 4 nitrogen and oxygen atoms in total. The molecule has 0 amide bonds. The van der Waals surface area contributed by atoms with Gasteiger partial charge in [0.15, 0.2) is 0 Å². The van der Waals surface area contributed by atoms with Gasteiger partial charge in [-0.2, -0.15) is 0 Å². The van der Waals surface area contributed by atoms with Crippen LogP contribution in [0, 0.1) is 0 Å². The van der Waals surface area contributed by atoms with Crippen molar-refractivity contribution in [1.29, 1.82) is 0 Å². The molecule has 0 aliphatic rings. The van der Waals surface area contributed by atoms with E-state index >= 15 is 0 Å². The van der Waals surface area contributed by atoms with Crippen LogP contribution < -0.4 is 5.73 Å². The monoisotopic (exact) mass is 239 g/mol. The van der Waals surface area contributed by atoms with Crippen LogP contribution in [0.1, 0.15) is 11.4 Å². The van der Waals surface area contributed by atoms with Gasteiger partial charge in [-0.3, -0.25) is 0 Å². The number of anilines is 1. The van der Waals surface area contributed by atoms with E-state index in [0.29, 0.717) is 6.42 Å². The van der Waals surface area contributed by atoms with Crippen LogP contribution in [-0.4, -0.2) is 14.5 Å². The Kier molecular flexibility index (Phi) is 2.41. The first-order valence-corrected chi connectivity index (χ1v) is 5.72. The first-order valence-electron chi connectivity index (χ1n) is 5.72. The second kappa shape index (κ2) is 4.07. The fourth-order valence-corrected chi connectivity index (χ4v) is 2.02. The van der Waals surface area contributed by atoms with E-state index in [1.54, 1.807) is 18.3 Å². The molecule has 0 unspecified atom stereocenters. The average molecular weight is 239 g/mol. The van der Waals surface area contributed by atoms with Crippen LogP contribution in [0.15, 0.2) is 48.8 Å². The van der Waals surface area contributed by atoms with E-state index in [1.165, 1.54) is 0 Å². The van der Waals surface area contributed by atoms with Gasteiger partial charge in [0.25, 0.3) is 0 Å². The first-order chi connectivity index (χ1) is 8.74. The number of imidazole rings is 1. The predicted molar refractivity (Wildman–Crippen MR) is 70.5 cm³/mol. The van der Waals surface area contributed by atoms with Crippen LogP contribution in [0.5, 0.6) is 5.75 Å². The molecule has 2 aromatic heterocycles. The Labute approximate surface area is 104 Å². The van der Waals surface area contributed by atoms with Gasteiger partial charge in [-0.15, -0.1) is 0 Å². The summed E-state index contributed by atoms with van der Waals surface area (Å²) in [7, 11) is 0. The Bertz CT molecular complexity index is 686. The molecule has 3 aromatic rings. The number of benzene rings is 1. The minimum absolute atomic E-state index is 0.274. The Morgan fingerprint density at radius 3 is 2.72 bits per heavy atom. The molecule has 2 heterocycles. The molecule has 4 heteroatoms. The van der Waals surface area contributed by atoms with Gasteiger partial charge in [-0.25, -0.2) is 4.98 Å². The molecule has 0 bridgehead atoms. The minimum atomic E-state index is 0.274. The third kappa shape index (κ3) is 1.78. The zero-order valence-corrected chi connectivity index (χ0v) is 9.74. The van der Waals surface area contributed by atoms with Crippen molar-refractivity contribution < 1.29 is 5.11 Å². The molecule has 1 aromatic carbocycles. The SMILES string of the molecule is Nc1cccn2c(Cc3ccc(O)cc3)ncc12. The summed E-state index contributed by atoms with van der Waals surface area (Å²) in [5.41, 5.74) is 8.64. The molecule has 0 atom stereocenters. The molecule has 0 radical (unpaired) electrons. The van der Waals surface area contributed by atoms with E-state index in [-0.39, 0.29) is 5.75 Å². The van der Waals surface area contributed by atoms with Gasteiger partial charge in [0.1, 0.15) is 11.6 Å². The van der Waals surface area contributed by atoms with Crippen LogP contribution in [0.4, 0.5) is 5.69 Å². The standard InChI is InChI=1S/C14H13N3O/c15-12-2-1-7-17-13(12)9-16-14(17)8-10-3-5-11(18)6-4-10/h1-7,9,18H,8,15H2. The Morgan fingerprint density at radius 2 is 1.94 bits per heavy atom. The summed E-state index contributed by atoms with van der Waals surface area (Å²) in [6.07, 6.45) is 4.44. The van der Waals surface area contributed by atoms with Gasteiger partial charge >= 0.3 is 0 Å². The molecule has 0 fully saturated rings. The van der Waals surface area contributed by atoms with Gasteiger partial charge in [-0.1, -0.05) is 12.1 Å². The molecule has 3 rings (SSSR count). The van der Waals surface area contributed by atoms with Crippen LogP contribution >= 0.6 is 0 Å². The smallest absolute Gasteiger partial charge is 0.117 e. The van der Waals surface area contributed by atoms with Crippen molar-refractivity contribution in [2.45, 2.75) is 6.42 Å². The number of fused-ring (bicyclic) bond motifs is 1. The van der Waals surface area contributed by atoms with E-state index in [4.69, 9.17) is 5.73 Å². The normalized spacial score (nSPS) is 10.9. The lowest BCUT2D eigenvalue weighted by Crippen LogP contribution is -1.97. The quantitative estimate of drug-likeness (QED) is 0.720. The molecule has 90 valence electrons. The third-order valence-corrected chi connectivity index (χ3v) is 2.98. The van der Waals surface area contributed by atoms with Gasteiger partial charge in [0.05, 0.1) is 17.4 Å². The highest BCUT2D eigenvalue weighted by atomic mass is 16.3. The molecule has 0 saturated heterocycles. The lowest BCUT2D eigenvalue weighted by atomic mass is 10.1. The maximum absolute atomic E-state index is 9.25. The highest BCUT2D eigenvalue weighted by Gasteiger charge is 2.06. The molecule has 0 spiro atoms. The molecule has 3 N–H and O–H groups in total. The number of nitrogens with two attached hydrogens (primary N) is 1. The van der Waals surface area contributed by atoms with E-state index < -0.39 is 0 Å². The van der Waals surface area contributed by atoms with Crippen molar-refractivity contribution in [2.24, 2.45) is 0 Å². The molecule has 0 saturated carbocycles. The van der Waals surface area contributed by atoms with Crippen LogP contribution in [0.25, 0.3) is 5.52 Å². The Balaban J connectivity index is 2.00. The van der Waals surface area contributed by atoms with Gasteiger partial charge in [-0.05, 0) is 29.8 Å². The highest BCUT2D eigenvalue weighted by Crippen LogP contribution is 2.17. The van der Waals surface area contributed by atoms with Crippen LogP contribution in [-0.2, 0) is 6.42 Å². The summed E-state index contributed by atoms with van der Waals surface area (Å²) < 4.78 is 1.99. The first kappa shape index (κ1) is 10.7. The van der Waals surface area contributed by atoms with Crippen molar-refractivity contribution in [1.82, 2.24) is 9.38 Å². The third-order valence-electron chi connectivity index (χ3n) is 2.98. The second-order valence-corrected chi connectivity index (χ2v) is 4.24. The molecule has 0 aliphatic carbocycles. The number of phenolic OH excluding ortho intramolecular Hbond substituents is 1. The molecular weight excluding hydrogens is 226 g/mol. The zero-order valence-electron chi connectivity index (χ0n) is 9.74. The number of aromatic hydroxyl groups is 1. The van der Waals surface area contributed by atoms with E-state index in [2.05, 4.69) is 4.98 Å². The zero-order chi connectivity index (χ0) is 12.5. The number of phenols is 1. The fourth-order valence-electron chi connectivity index (χ4n) is 2.02. The van der Waals surface area contributed by atoms with Crippen molar-refractivity contribution in [2.75, 3.05) is 5.73 Å². The van der Waals surface area contributed by atoms with Gasteiger partial charge in [0, 0.05) is 12.6 Å². The van der Waals surface area contributed by atoms with E-state index in [0.717, 1.165) is 22.6 Å². The number of rotatable bonds is 2. The summed E-state index contributed by atoms with van der Waals surface area (Å²) in [5, 5.41) is 9.25. The maximum Gasteiger partial charge on any atom is 0.117 e. The van der Waals surface area contributed by atoms with Crippen molar-refractivity contribution in [3.63, 3.8) is 0 Å². The second-order valence-electron chi connectivity index (χ2n) is 4.24. The van der Waals surface area contributed by atoms with Crippen molar-refractivity contribution in [3.8, 4) is 5.75 Å². The molecular formula is C14H13N3O. The van der Waals surface area contributed by atoms with Crippen molar-refractivity contribution >= 4 is 11.2 Å². The number of hydrogen-bond acceptors (Lipinski definition) is 3. The topological polar surface area (TPSA) is 63.5 Å². The lowest BCUT2D eigenvalue weighted by molar-refractivity contribution is 0.475. The summed E-state index contributed by atoms with van der Waals surface area (Å²) >= 11 is 0. The number of pyridine rings is 1. The van der Waals surface area contributed by atoms with Gasteiger partial charge in [0.2, 0.25) is 0 Å². The predicted octanol–water partition coefficient (Wildman–Crippen LogP) is 2.21. The van der Waals surface area contributed by atoms with Crippen LogP contribution in [0.2, 0.25) is 0 Å². The number of aromatic nitrogens is 2. The largest absolute Gasteiger partial charge is 0.508 e. The van der Waals surface area contributed by atoms with Crippen LogP contribution in [0.3, 0.4) is 0 Å². The number of nitrogen functional groups attached to an aromatic ring is 1. The summed E-state index contributed by atoms with van der Waals surface area (Å²) in [4.78, 5) is 4.39.